The Hall–Kier alpha value is -2.09. The van der Waals surface area contributed by atoms with Crippen LogP contribution in [0.4, 0.5) is 5.69 Å². The summed E-state index contributed by atoms with van der Waals surface area (Å²) in [5, 5.41) is 24.8. The average Bonchev–Trinajstić information content (AvgIpc) is 2.88. The van der Waals surface area contributed by atoms with Crippen LogP contribution < -0.4 is 5.32 Å². The maximum atomic E-state index is 13.6. The van der Waals surface area contributed by atoms with Crippen molar-refractivity contribution < 1.29 is 29.3 Å². The summed E-state index contributed by atoms with van der Waals surface area (Å²) in [5.74, 6) is -0.628. The predicted octanol–water partition coefficient (Wildman–Crippen LogP) is 5.80. The number of allylic oxidation sites excluding steroid dienone is 1. The van der Waals surface area contributed by atoms with Crippen LogP contribution in [0.2, 0.25) is 5.02 Å². The summed E-state index contributed by atoms with van der Waals surface area (Å²) in [5.41, 5.74) is -0.332. The number of benzene rings is 1. The van der Waals surface area contributed by atoms with Crippen LogP contribution in [-0.4, -0.2) is 54.4 Å². The molecule has 3 aliphatic rings. The Morgan fingerprint density at radius 3 is 2.45 bits per heavy atom. The zero-order valence-corrected chi connectivity index (χ0v) is 24.0. The van der Waals surface area contributed by atoms with Gasteiger partial charge in [0, 0.05) is 42.3 Å². The number of ether oxygens (including phenoxy) is 2. The van der Waals surface area contributed by atoms with Gasteiger partial charge in [-0.25, -0.2) is 4.79 Å². The molecule has 0 bridgehead atoms. The zero-order chi connectivity index (χ0) is 28.0. The van der Waals surface area contributed by atoms with Gasteiger partial charge in [0.2, 0.25) is 0 Å². The maximum absolute atomic E-state index is 13.6. The lowest BCUT2D eigenvalue weighted by Gasteiger charge is -2.67. The highest BCUT2D eigenvalue weighted by Crippen LogP contribution is 2.69. The molecule has 3 saturated carbocycles. The Kier molecular flexibility index (Phi) is 7.97. The lowest BCUT2D eigenvalue weighted by Crippen LogP contribution is -2.67. The van der Waals surface area contributed by atoms with E-state index in [0.29, 0.717) is 28.3 Å². The van der Waals surface area contributed by atoms with Crippen LogP contribution in [0.3, 0.4) is 0 Å². The van der Waals surface area contributed by atoms with E-state index in [1.807, 2.05) is 6.92 Å². The molecular weight excluding hydrogens is 506 g/mol. The van der Waals surface area contributed by atoms with Crippen molar-refractivity contribution in [3.63, 3.8) is 0 Å². The van der Waals surface area contributed by atoms with E-state index in [1.165, 1.54) is 0 Å². The van der Waals surface area contributed by atoms with Crippen LogP contribution >= 0.6 is 11.6 Å². The molecule has 0 heterocycles. The fourth-order valence-electron chi connectivity index (χ4n) is 8.86. The number of nitrogens with one attached hydrogen (secondary N) is 1. The molecule has 0 aromatic heterocycles. The highest BCUT2D eigenvalue weighted by atomic mass is 35.5. The summed E-state index contributed by atoms with van der Waals surface area (Å²) >= 11 is 6.21. The second-order valence-electron chi connectivity index (χ2n) is 12.3. The van der Waals surface area contributed by atoms with Crippen LogP contribution in [0.1, 0.15) is 70.2 Å². The van der Waals surface area contributed by atoms with Crippen molar-refractivity contribution >= 4 is 29.5 Å². The second-order valence-corrected chi connectivity index (χ2v) is 12.8. The molecule has 7 nitrogen and oxygen atoms in total. The first-order valence-electron chi connectivity index (χ1n) is 13.6. The van der Waals surface area contributed by atoms with Gasteiger partial charge < -0.3 is 25.0 Å². The molecule has 1 aromatic carbocycles. The van der Waals surface area contributed by atoms with E-state index in [1.54, 1.807) is 32.4 Å². The molecule has 8 heteroatoms. The summed E-state index contributed by atoms with van der Waals surface area (Å²) in [6.45, 7) is 8.45. The number of anilines is 1. The molecule has 0 amide bonds. The first kappa shape index (κ1) is 28.9. The Labute approximate surface area is 230 Å². The van der Waals surface area contributed by atoms with Crippen molar-refractivity contribution in [3.05, 3.63) is 40.6 Å². The number of hydrogen-bond donors (Lipinski definition) is 3. The fraction of sp³-hybridized carbons (Fsp3) is 0.667. The number of carbonyl (C=O) groups excluding carboxylic acids is 2. The molecule has 0 aliphatic heterocycles. The normalized spacial score (nSPS) is 41.0. The molecule has 3 aliphatic carbocycles. The monoisotopic (exact) mass is 547 g/mol. The molecule has 0 radical (unpaired) electrons. The minimum absolute atomic E-state index is 0.0474. The Bertz CT molecular complexity index is 1110. The van der Waals surface area contributed by atoms with Gasteiger partial charge in [0.1, 0.15) is 11.9 Å². The van der Waals surface area contributed by atoms with Gasteiger partial charge in [-0.15, -0.1) is 0 Å². The van der Waals surface area contributed by atoms with E-state index in [9.17, 15) is 19.8 Å². The number of methoxy groups -OCH3 is 1. The van der Waals surface area contributed by atoms with Crippen molar-refractivity contribution in [1.29, 1.82) is 0 Å². The minimum atomic E-state index is -1.11. The van der Waals surface area contributed by atoms with E-state index < -0.39 is 17.7 Å². The molecule has 9 unspecified atom stereocenters. The number of rotatable bonds is 6. The van der Waals surface area contributed by atoms with Crippen molar-refractivity contribution in [1.82, 2.24) is 0 Å². The topological polar surface area (TPSA) is 105 Å². The Balaban J connectivity index is 1.75. The standard InChI is InChI=1S/C30H42ClNO6/c1-17-22(37-6)14-24-28(2)12-10-25(35)30(4,38-27(36)20-13-19(31)7-8-21(20)32-5)23(28)9-11-29(24,3)26(17)18(15-33)16-34/h7-8,13,15-17,22-26,32-33,35H,9-12,14H2,1-6H3. The minimum Gasteiger partial charge on any atom is -0.515 e. The average molecular weight is 548 g/mol. The number of fused-ring (bicyclic) bond motifs is 3. The molecule has 0 saturated heterocycles. The van der Waals surface area contributed by atoms with Crippen molar-refractivity contribution in [3.8, 4) is 0 Å². The van der Waals surface area contributed by atoms with E-state index in [0.717, 1.165) is 38.2 Å². The van der Waals surface area contributed by atoms with E-state index in [-0.39, 0.29) is 40.6 Å². The van der Waals surface area contributed by atoms with Gasteiger partial charge in [-0.2, -0.15) is 0 Å². The van der Waals surface area contributed by atoms with Crippen LogP contribution in [0.5, 0.6) is 0 Å². The molecule has 0 spiro atoms. The van der Waals surface area contributed by atoms with E-state index in [2.05, 4.69) is 26.1 Å². The Morgan fingerprint density at radius 2 is 1.84 bits per heavy atom. The van der Waals surface area contributed by atoms with Crippen LogP contribution in [0.25, 0.3) is 0 Å². The fourth-order valence-corrected chi connectivity index (χ4v) is 9.03. The van der Waals surface area contributed by atoms with Crippen LogP contribution in [-0.2, 0) is 14.3 Å². The molecule has 210 valence electrons. The molecule has 9 atom stereocenters. The van der Waals surface area contributed by atoms with Crippen molar-refractivity contribution in [2.75, 3.05) is 19.5 Å². The first-order chi connectivity index (χ1) is 17.9. The number of hydrogen-bond acceptors (Lipinski definition) is 7. The molecule has 3 fully saturated rings. The van der Waals surface area contributed by atoms with E-state index in [4.69, 9.17) is 21.1 Å². The highest BCUT2D eigenvalue weighted by Gasteiger charge is 2.67. The molecule has 3 N–H and O–H groups in total. The molecular formula is C30H42ClNO6. The number of carbonyl (C=O) groups is 2. The van der Waals surface area contributed by atoms with Gasteiger partial charge in [0.05, 0.1) is 24.0 Å². The van der Waals surface area contributed by atoms with Crippen molar-refractivity contribution in [2.24, 2.45) is 34.5 Å². The third-order valence-electron chi connectivity index (χ3n) is 10.7. The lowest BCUT2D eigenvalue weighted by molar-refractivity contribution is -0.239. The summed E-state index contributed by atoms with van der Waals surface area (Å²) in [7, 11) is 3.44. The molecule has 4 rings (SSSR count). The quantitative estimate of drug-likeness (QED) is 0.179. The van der Waals surface area contributed by atoms with Crippen LogP contribution in [0.15, 0.2) is 30.0 Å². The molecule has 1 aromatic rings. The van der Waals surface area contributed by atoms with E-state index >= 15 is 0 Å². The van der Waals surface area contributed by atoms with Crippen LogP contribution in [0, 0.1) is 34.5 Å². The maximum Gasteiger partial charge on any atom is 0.340 e. The number of halogens is 1. The van der Waals surface area contributed by atoms with Gasteiger partial charge in [0.25, 0.3) is 0 Å². The van der Waals surface area contributed by atoms with Gasteiger partial charge in [-0.1, -0.05) is 32.4 Å². The summed E-state index contributed by atoms with van der Waals surface area (Å²) < 4.78 is 12.2. The Morgan fingerprint density at radius 1 is 1.16 bits per heavy atom. The van der Waals surface area contributed by atoms with Gasteiger partial charge in [-0.3, -0.25) is 4.79 Å². The first-order valence-corrected chi connectivity index (χ1v) is 14.0. The number of aliphatic hydroxyl groups excluding tert-OH is 2. The van der Waals surface area contributed by atoms with Gasteiger partial charge >= 0.3 is 5.97 Å². The number of esters is 1. The SMILES string of the molecule is CNc1ccc(Cl)cc1C(=O)OC1(C)C(O)CCC2(C)C3CC(OC)C(C)C(C(C=O)=CO)C3(C)CCC21. The third kappa shape index (κ3) is 4.35. The predicted molar refractivity (Wildman–Crippen MR) is 147 cm³/mol. The largest absolute Gasteiger partial charge is 0.515 e. The molecule has 38 heavy (non-hydrogen) atoms. The smallest absolute Gasteiger partial charge is 0.340 e. The van der Waals surface area contributed by atoms with Crippen molar-refractivity contribution in [2.45, 2.75) is 77.6 Å². The zero-order valence-electron chi connectivity index (χ0n) is 23.3. The van der Waals surface area contributed by atoms with Gasteiger partial charge in [-0.05, 0) is 79.9 Å². The third-order valence-corrected chi connectivity index (χ3v) is 10.9. The highest BCUT2D eigenvalue weighted by molar-refractivity contribution is 6.31. The summed E-state index contributed by atoms with van der Waals surface area (Å²) in [4.78, 5) is 25.6. The number of aldehydes is 1. The van der Waals surface area contributed by atoms with Gasteiger partial charge in [0.15, 0.2) is 0 Å². The summed E-state index contributed by atoms with van der Waals surface area (Å²) in [6.07, 6.45) is 4.38. The second kappa shape index (κ2) is 10.5. The lowest BCUT2D eigenvalue weighted by atomic mass is 9.39. The number of aliphatic hydroxyl groups is 2. The summed E-state index contributed by atoms with van der Waals surface area (Å²) in [6, 6.07) is 5.04.